The van der Waals surface area contributed by atoms with Crippen LogP contribution in [0.2, 0.25) is 0 Å². The molecule has 0 radical (unpaired) electrons. The molecule has 0 unspecified atom stereocenters. The molecule has 1 saturated heterocycles. The van der Waals surface area contributed by atoms with Gasteiger partial charge in [-0.3, -0.25) is 4.79 Å². The van der Waals surface area contributed by atoms with Crippen molar-refractivity contribution in [3.63, 3.8) is 0 Å². The van der Waals surface area contributed by atoms with E-state index in [-0.39, 0.29) is 5.91 Å². The van der Waals surface area contributed by atoms with E-state index >= 15 is 0 Å². The first-order valence-corrected chi connectivity index (χ1v) is 9.09. The van der Waals surface area contributed by atoms with Crippen LogP contribution in [0, 0.1) is 6.92 Å². The number of nitrogens with zero attached hydrogens (tertiary/aromatic N) is 1. The van der Waals surface area contributed by atoms with Crippen molar-refractivity contribution in [1.82, 2.24) is 5.32 Å². The van der Waals surface area contributed by atoms with Gasteiger partial charge in [0.05, 0.1) is 10.6 Å². The number of thioether (sulfide) groups is 1. The van der Waals surface area contributed by atoms with Crippen molar-refractivity contribution in [2.45, 2.75) is 20.0 Å². The number of benzene rings is 2. The van der Waals surface area contributed by atoms with Crippen LogP contribution in [0.4, 0.5) is 5.69 Å². The lowest BCUT2D eigenvalue weighted by molar-refractivity contribution is -0.144. The summed E-state index contributed by atoms with van der Waals surface area (Å²) in [4.78, 5) is 28.0. The summed E-state index contributed by atoms with van der Waals surface area (Å²) in [6, 6.07) is 14.6. The van der Waals surface area contributed by atoms with Gasteiger partial charge in [-0.05, 0) is 61.0 Å². The molecule has 6 nitrogen and oxygen atoms in total. The quantitative estimate of drug-likeness (QED) is 0.769. The Bertz CT molecular complexity index is 935. The number of carbonyl (C=O) groups is 2. The highest BCUT2D eigenvalue weighted by Crippen LogP contribution is 2.29. The Morgan fingerprint density at radius 2 is 1.93 bits per heavy atom. The number of aliphatic carboxylic acids is 1. The maximum Gasteiger partial charge on any atom is 0.344 e. The highest BCUT2D eigenvalue weighted by atomic mass is 32.2. The van der Waals surface area contributed by atoms with Gasteiger partial charge >= 0.3 is 5.97 Å². The lowest BCUT2D eigenvalue weighted by atomic mass is 10.2. The van der Waals surface area contributed by atoms with Crippen molar-refractivity contribution < 1.29 is 19.4 Å². The molecule has 1 fully saturated rings. The highest BCUT2D eigenvalue weighted by molar-refractivity contribution is 8.18. The number of para-hydroxylation sites is 1. The van der Waals surface area contributed by atoms with Crippen LogP contribution in [-0.2, 0) is 9.59 Å². The molecule has 1 heterocycles. The number of amides is 1. The number of rotatable bonds is 5. The number of carboxylic acids is 1. The Morgan fingerprint density at radius 1 is 1.22 bits per heavy atom. The molecule has 3 rings (SSSR count). The van der Waals surface area contributed by atoms with Crippen LogP contribution in [-0.4, -0.2) is 28.3 Å². The summed E-state index contributed by atoms with van der Waals surface area (Å²) < 4.78 is 5.29. The topological polar surface area (TPSA) is 88.0 Å². The van der Waals surface area contributed by atoms with Gasteiger partial charge in [-0.1, -0.05) is 30.3 Å². The van der Waals surface area contributed by atoms with Crippen LogP contribution in [0.25, 0.3) is 6.08 Å². The van der Waals surface area contributed by atoms with E-state index in [1.54, 1.807) is 30.3 Å². The molecule has 0 saturated carbocycles. The van der Waals surface area contributed by atoms with Gasteiger partial charge < -0.3 is 15.2 Å². The van der Waals surface area contributed by atoms with Crippen LogP contribution in [0.3, 0.4) is 0 Å². The minimum absolute atomic E-state index is 0.202. The number of ether oxygens (including phenoxy) is 1. The highest BCUT2D eigenvalue weighted by Gasteiger charge is 2.24. The maximum atomic E-state index is 12.2. The molecule has 2 aromatic carbocycles. The maximum absolute atomic E-state index is 12.2. The standard InChI is InChI=1S/C20H18N2O4S/c1-12-5-3-4-6-16(12)21-20-22-18(23)17(27-20)11-14-7-9-15(10-8-14)26-13(2)19(24)25/h3-11,13H,1-2H3,(H,24,25)(H,21,22,23)/b17-11-/t13-/m1/s1. The number of carboxylic acid groups (broad SMARTS) is 1. The Morgan fingerprint density at radius 3 is 2.59 bits per heavy atom. The van der Waals surface area contributed by atoms with Gasteiger partial charge in [0.15, 0.2) is 11.3 Å². The van der Waals surface area contributed by atoms with E-state index in [2.05, 4.69) is 10.3 Å². The minimum atomic E-state index is -1.03. The number of hydrogen-bond donors (Lipinski definition) is 2. The number of hydrogen-bond acceptors (Lipinski definition) is 5. The van der Waals surface area contributed by atoms with E-state index in [9.17, 15) is 9.59 Å². The van der Waals surface area contributed by atoms with E-state index in [1.165, 1.54) is 18.7 Å². The first-order chi connectivity index (χ1) is 12.9. The van der Waals surface area contributed by atoms with Crippen molar-refractivity contribution >= 4 is 40.6 Å². The van der Waals surface area contributed by atoms with Crippen molar-refractivity contribution in [2.24, 2.45) is 4.99 Å². The summed E-state index contributed by atoms with van der Waals surface area (Å²) in [7, 11) is 0. The fourth-order valence-electron chi connectivity index (χ4n) is 2.33. The number of carbonyl (C=O) groups excluding carboxylic acids is 1. The second-order valence-electron chi connectivity index (χ2n) is 5.94. The van der Waals surface area contributed by atoms with E-state index in [1.807, 2.05) is 31.2 Å². The molecule has 0 spiro atoms. The molecule has 1 aliphatic rings. The molecular weight excluding hydrogens is 364 g/mol. The molecule has 1 atom stereocenters. The second-order valence-corrected chi connectivity index (χ2v) is 6.97. The van der Waals surface area contributed by atoms with Crippen molar-refractivity contribution in [3.05, 3.63) is 64.6 Å². The lowest BCUT2D eigenvalue weighted by Crippen LogP contribution is -2.22. The normalized spacial score (nSPS) is 17.8. The molecular formula is C20H18N2O4S. The average Bonchev–Trinajstić information content (AvgIpc) is 2.97. The number of aryl methyl sites for hydroxylation is 1. The predicted molar refractivity (Wildman–Crippen MR) is 106 cm³/mol. The molecule has 2 aromatic rings. The number of amidine groups is 1. The average molecular weight is 382 g/mol. The smallest absolute Gasteiger partial charge is 0.344 e. The summed E-state index contributed by atoms with van der Waals surface area (Å²) >= 11 is 1.28. The largest absolute Gasteiger partial charge is 0.479 e. The Kier molecular flexibility index (Phi) is 5.61. The van der Waals surface area contributed by atoms with Gasteiger partial charge in [-0.15, -0.1) is 0 Å². The zero-order chi connectivity index (χ0) is 19.4. The number of nitrogens with one attached hydrogen (secondary N) is 1. The monoisotopic (exact) mass is 382 g/mol. The van der Waals surface area contributed by atoms with E-state index in [0.717, 1.165) is 16.8 Å². The molecule has 0 aliphatic carbocycles. The van der Waals surface area contributed by atoms with Gasteiger partial charge in [-0.25, -0.2) is 9.79 Å². The SMILES string of the molecule is Cc1ccccc1N=C1NC(=O)/C(=C/c2ccc(O[C@H](C)C(=O)O)cc2)S1. The van der Waals surface area contributed by atoms with Gasteiger partial charge in [0.2, 0.25) is 0 Å². The van der Waals surface area contributed by atoms with E-state index in [0.29, 0.717) is 15.8 Å². The van der Waals surface area contributed by atoms with Crippen LogP contribution in [0.5, 0.6) is 5.75 Å². The number of aliphatic imine (C=N–C) groups is 1. The van der Waals surface area contributed by atoms with Crippen molar-refractivity contribution in [2.75, 3.05) is 0 Å². The second kappa shape index (κ2) is 8.09. The molecule has 138 valence electrons. The molecule has 0 aromatic heterocycles. The zero-order valence-corrected chi connectivity index (χ0v) is 15.6. The Hall–Kier alpha value is -3.06. The fourth-order valence-corrected chi connectivity index (χ4v) is 3.16. The summed E-state index contributed by atoms with van der Waals surface area (Å²) in [6.45, 7) is 3.43. The third-order valence-corrected chi connectivity index (χ3v) is 4.74. The first-order valence-electron chi connectivity index (χ1n) is 8.27. The minimum Gasteiger partial charge on any atom is -0.479 e. The van der Waals surface area contributed by atoms with Crippen LogP contribution < -0.4 is 10.1 Å². The third-order valence-electron chi connectivity index (χ3n) is 3.83. The predicted octanol–water partition coefficient (Wildman–Crippen LogP) is 3.74. The Labute approximate surface area is 161 Å². The lowest BCUT2D eigenvalue weighted by Gasteiger charge is -2.10. The zero-order valence-electron chi connectivity index (χ0n) is 14.8. The van der Waals surface area contributed by atoms with E-state index < -0.39 is 12.1 Å². The molecule has 7 heteroatoms. The summed E-state index contributed by atoms with van der Waals surface area (Å²) in [5.74, 6) is -0.773. The van der Waals surface area contributed by atoms with Crippen LogP contribution in [0.1, 0.15) is 18.1 Å². The Balaban J connectivity index is 1.73. The van der Waals surface area contributed by atoms with Crippen LogP contribution >= 0.6 is 11.8 Å². The molecule has 0 bridgehead atoms. The molecule has 2 N–H and O–H groups in total. The van der Waals surface area contributed by atoms with Gasteiger partial charge in [0.25, 0.3) is 5.91 Å². The summed E-state index contributed by atoms with van der Waals surface area (Å²) in [5.41, 5.74) is 2.65. The molecule has 27 heavy (non-hydrogen) atoms. The van der Waals surface area contributed by atoms with E-state index in [4.69, 9.17) is 9.84 Å². The van der Waals surface area contributed by atoms with Gasteiger partial charge in [0.1, 0.15) is 5.75 Å². The van der Waals surface area contributed by atoms with Crippen molar-refractivity contribution in [3.8, 4) is 5.75 Å². The third kappa shape index (κ3) is 4.77. The van der Waals surface area contributed by atoms with Gasteiger partial charge in [-0.2, -0.15) is 0 Å². The van der Waals surface area contributed by atoms with Gasteiger partial charge in [0, 0.05) is 0 Å². The van der Waals surface area contributed by atoms with Crippen molar-refractivity contribution in [1.29, 1.82) is 0 Å². The fraction of sp³-hybridized carbons (Fsp3) is 0.150. The van der Waals surface area contributed by atoms with Crippen LogP contribution in [0.15, 0.2) is 58.4 Å². The molecule has 1 aliphatic heterocycles. The summed E-state index contributed by atoms with van der Waals surface area (Å²) in [6.07, 6.45) is 0.829. The summed E-state index contributed by atoms with van der Waals surface area (Å²) in [5, 5.41) is 12.2. The molecule has 1 amide bonds. The first kappa shape index (κ1) is 18.7.